The Bertz CT molecular complexity index is 595. The zero-order valence-corrected chi connectivity index (χ0v) is 11.4. The predicted molar refractivity (Wildman–Crippen MR) is 75.3 cm³/mol. The van der Waals surface area contributed by atoms with Crippen LogP contribution in [0.15, 0.2) is 36.4 Å². The maximum atomic E-state index is 12.6. The van der Waals surface area contributed by atoms with Crippen molar-refractivity contribution in [2.24, 2.45) is 0 Å². The second kappa shape index (κ2) is 4.77. The Kier molecular flexibility index (Phi) is 3.33. The second-order valence-corrected chi connectivity index (χ2v) is 4.83. The van der Waals surface area contributed by atoms with Crippen LogP contribution in [0.4, 0.5) is 0 Å². The van der Waals surface area contributed by atoms with Crippen LogP contribution >= 0.6 is 0 Å². The van der Waals surface area contributed by atoms with Crippen molar-refractivity contribution >= 4 is 5.78 Å². The molecule has 0 aliphatic rings. The molecule has 0 fully saturated rings. The number of hydrogen-bond donors (Lipinski definition) is 0. The molecule has 2 aromatic rings. The van der Waals surface area contributed by atoms with Gasteiger partial charge in [-0.2, -0.15) is 0 Å². The lowest BCUT2D eigenvalue weighted by atomic mass is 9.90. The smallest absolute Gasteiger partial charge is 0.193 e. The molecule has 0 atom stereocenters. The summed E-state index contributed by atoms with van der Waals surface area (Å²) in [6.45, 7) is 8.21. The van der Waals surface area contributed by atoms with E-state index in [2.05, 4.69) is 19.9 Å². The highest BCUT2D eigenvalue weighted by molar-refractivity contribution is 6.11. The minimum absolute atomic E-state index is 0.119. The van der Waals surface area contributed by atoms with E-state index in [4.69, 9.17) is 0 Å². The van der Waals surface area contributed by atoms with E-state index in [1.807, 2.05) is 44.2 Å². The summed E-state index contributed by atoms with van der Waals surface area (Å²) in [4.78, 5) is 12.6. The maximum Gasteiger partial charge on any atom is 0.193 e. The van der Waals surface area contributed by atoms with Gasteiger partial charge in [-0.25, -0.2) is 0 Å². The Balaban J connectivity index is 2.59. The van der Waals surface area contributed by atoms with Crippen LogP contribution in [-0.2, 0) is 0 Å². The molecule has 0 aromatic heterocycles. The molecule has 2 aromatic carbocycles. The molecule has 0 N–H and O–H groups in total. The molecule has 0 saturated heterocycles. The van der Waals surface area contributed by atoms with Crippen LogP contribution in [-0.4, -0.2) is 5.78 Å². The molecule has 0 heterocycles. The van der Waals surface area contributed by atoms with E-state index in [1.54, 1.807) is 0 Å². The van der Waals surface area contributed by atoms with Gasteiger partial charge < -0.3 is 0 Å². The lowest BCUT2D eigenvalue weighted by Crippen LogP contribution is -2.08. The summed E-state index contributed by atoms with van der Waals surface area (Å²) in [5.74, 6) is 0.119. The maximum absolute atomic E-state index is 12.6. The zero-order chi connectivity index (χ0) is 13.3. The number of carbonyl (C=O) groups is 1. The molecule has 0 saturated carbocycles. The lowest BCUT2D eigenvalue weighted by molar-refractivity contribution is 0.103. The van der Waals surface area contributed by atoms with Gasteiger partial charge in [-0.3, -0.25) is 4.79 Å². The number of ketones is 1. The molecule has 2 rings (SSSR count). The van der Waals surface area contributed by atoms with E-state index in [1.165, 1.54) is 11.1 Å². The van der Waals surface area contributed by atoms with Crippen molar-refractivity contribution in [2.75, 3.05) is 0 Å². The van der Waals surface area contributed by atoms with Crippen molar-refractivity contribution in [3.05, 3.63) is 69.8 Å². The number of aryl methyl sites for hydroxylation is 2. The van der Waals surface area contributed by atoms with Crippen LogP contribution in [0, 0.1) is 27.7 Å². The van der Waals surface area contributed by atoms with Gasteiger partial charge in [-0.05, 0) is 49.9 Å². The van der Waals surface area contributed by atoms with E-state index < -0.39 is 0 Å². The van der Waals surface area contributed by atoms with Gasteiger partial charge in [0.15, 0.2) is 5.78 Å². The first-order chi connectivity index (χ1) is 8.52. The molecule has 1 heteroatoms. The highest BCUT2D eigenvalue weighted by atomic mass is 16.1. The van der Waals surface area contributed by atoms with Crippen molar-refractivity contribution in [3.63, 3.8) is 0 Å². The molecule has 92 valence electrons. The van der Waals surface area contributed by atoms with Crippen LogP contribution < -0.4 is 0 Å². The monoisotopic (exact) mass is 238 g/mol. The molecular formula is C17H18O. The third-order valence-corrected chi connectivity index (χ3v) is 3.62. The van der Waals surface area contributed by atoms with Gasteiger partial charge in [-0.1, -0.05) is 36.4 Å². The molecule has 0 unspecified atom stereocenters. The molecule has 0 spiro atoms. The van der Waals surface area contributed by atoms with Crippen LogP contribution in [0.2, 0.25) is 0 Å². The first-order valence-corrected chi connectivity index (χ1v) is 6.19. The van der Waals surface area contributed by atoms with Crippen molar-refractivity contribution in [1.29, 1.82) is 0 Å². The van der Waals surface area contributed by atoms with Gasteiger partial charge in [-0.15, -0.1) is 0 Å². The molecule has 0 radical (unpaired) electrons. The SMILES string of the molecule is Cc1cc(C)c(C(=O)c2ccccc2)c(C)c1C. The fourth-order valence-electron chi connectivity index (χ4n) is 2.37. The molecule has 1 nitrogen and oxygen atoms in total. The van der Waals surface area contributed by atoms with Gasteiger partial charge in [0.1, 0.15) is 0 Å². The molecular weight excluding hydrogens is 220 g/mol. The minimum Gasteiger partial charge on any atom is -0.289 e. The number of benzene rings is 2. The Labute approximate surface area is 108 Å². The first-order valence-electron chi connectivity index (χ1n) is 6.19. The van der Waals surface area contributed by atoms with E-state index in [0.717, 1.165) is 22.3 Å². The fraction of sp³-hybridized carbons (Fsp3) is 0.235. The Morgan fingerprint density at radius 1 is 0.833 bits per heavy atom. The number of carbonyl (C=O) groups excluding carboxylic acids is 1. The summed E-state index contributed by atoms with van der Waals surface area (Å²) in [5.41, 5.74) is 6.22. The highest BCUT2D eigenvalue weighted by Crippen LogP contribution is 2.24. The van der Waals surface area contributed by atoms with E-state index >= 15 is 0 Å². The third-order valence-electron chi connectivity index (χ3n) is 3.62. The molecule has 0 aliphatic heterocycles. The van der Waals surface area contributed by atoms with Gasteiger partial charge >= 0.3 is 0 Å². The van der Waals surface area contributed by atoms with Gasteiger partial charge in [0.2, 0.25) is 0 Å². The summed E-state index contributed by atoms with van der Waals surface area (Å²) in [6, 6.07) is 11.6. The molecule has 0 bridgehead atoms. The van der Waals surface area contributed by atoms with Crippen LogP contribution in [0.3, 0.4) is 0 Å². The quantitative estimate of drug-likeness (QED) is 0.718. The average Bonchev–Trinajstić information content (AvgIpc) is 2.37. The topological polar surface area (TPSA) is 17.1 Å². The van der Waals surface area contributed by atoms with Crippen molar-refractivity contribution in [3.8, 4) is 0 Å². The average molecular weight is 238 g/mol. The van der Waals surface area contributed by atoms with Crippen molar-refractivity contribution < 1.29 is 4.79 Å². The van der Waals surface area contributed by atoms with Crippen LogP contribution in [0.1, 0.15) is 38.2 Å². The van der Waals surface area contributed by atoms with Crippen LogP contribution in [0.5, 0.6) is 0 Å². The van der Waals surface area contributed by atoms with Crippen molar-refractivity contribution in [2.45, 2.75) is 27.7 Å². The fourth-order valence-corrected chi connectivity index (χ4v) is 2.37. The molecule has 18 heavy (non-hydrogen) atoms. The van der Waals surface area contributed by atoms with E-state index in [-0.39, 0.29) is 5.78 Å². The Morgan fingerprint density at radius 2 is 1.44 bits per heavy atom. The van der Waals surface area contributed by atoms with E-state index in [9.17, 15) is 4.79 Å². The summed E-state index contributed by atoms with van der Waals surface area (Å²) >= 11 is 0. The summed E-state index contributed by atoms with van der Waals surface area (Å²) in [7, 11) is 0. The molecule has 0 amide bonds. The van der Waals surface area contributed by atoms with Crippen LogP contribution in [0.25, 0.3) is 0 Å². The summed E-state index contributed by atoms with van der Waals surface area (Å²) < 4.78 is 0. The van der Waals surface area contributed by atoms with Gasteiger partial charge in [0.25, 0.3) is 0 Å². The van der Waals surface area contributed by atoms with Crippen molar-refractivity contribution in [1.82, 2.24) is 0 Å². The summed E-state index contributed by atoms with van der Waals surface area (Å²) in [6.07, 6.45) is 0. The first kappa shape index (κ1) is 12.6. The molecule has 0 aliphatic carbocycles. The van der Waals surface area contributed by atoms with E-state index in [0.29, 0.717) is 0 Å². The normalized spacial score (nSPS) is 10.4. The van der Waals surface area contributed by atoms with Gasteiger partial charge in [0.05, 0.1) is 0 Å². The highest BCUT2D eigenvalue weighted by Gasteiger charge is 2.16. The standard InChI is InChI=1S/C17H18O/c1-11-10-12(2)16(14(4)13(11)3)17(18)15-8-6-5-7-9-15/h5-10H,1-4H3. The second-order valence-electron chi connectivity index (χ2n) is 4.83. The zero-order valence-electron chi connectivity index (χ0n) is 11.4. The minimum atomic E-state index is 0.119. The largest absolute Gasteiger partial charge is 0.289 e. The predicted octanol–water partition coefficient (Wildman–Crippen LogP) is 4.15. The lowest BCUT2D eigenvalue weighted by Gasteiger charge is -2.14. The summed E-state index contributed by atoms with van der Waals surface area (Å²) in [5, 5.41) is 0. The number of hydrogen-bond acceptors (Lipinski definition) is 1. The van der Waals surface area contributed by atoms with Gasteiger partial charge in [0, 0.05) is 11.1 Å². The number of rotatable bonds is 2. The third kappa shape index (κ3) is 2.08. The Hall–Kier alpha value is -1.89. The Morgan fingerprint density at radius 3 is 2.06 bits per heavy atom.